The van der Waals surface area contributed by atoms with Gasteiger partial charge in [0.15, 0.2) is 6.10 Å². The Morgan fingerprint density at radius 2 is 1.72 bits per heavy atom. The smallest absolute Gasteiger partial charge is 0.337 e. The second kappa shape index (κ2) is 11.4. The van der Waals surface area contributed by atoms with Gasteiger partial charge >= 0.3 is 5.97 Å². The molecule has 0 saturated carbocycles. The van der Waals surface area contributed by atoms with Crippen molar-refractivity contribution < 1.29 is 24.2 Å². The van der Waals surface area contributed by atoms with Crippen molar-refractivity contribution in [3.63, 3.8) is 0 Å². The summed E-state index contributed by atoms with van der Waals surface area (Å²) in [6.07, 6.45) is -0.0761. The summed E-state index contributed by atoms with van der Waals surface area (Å²) in [6.45, 7) is 2.70. The number of nitrogens with zero attached hydrogens (tertiary/aromatic N) is 2. The molecule has 2 atom stereocenters. The summed E-state index contributed by atoms with van der Waals surface area (Å²) in [5.74, 6) is -1.11. The highest BCUT2D eigenvalue weighted by Crippen LogP contribution is 2.23. The number of likely N-dealkylation sites (tertiary alicyclic amines) is 1. The van der Waals surface area contributed by atoms with Crippen molar-refractivity contribution in [3.05, 3.63) is 66.2 Å². The van der Waals surface area contributed by atoms with E-state index in [1.54, 1.807) is 11.8 Å². The molecular formula is C25H30N2O5. The fourth-order valence-corrected chi connectivity index (χ4v) is 4.00. The molecule has 0 aliphatic carbocycles. The first-order chi connectivity index (χ1) is 15.5. The second-order valence-corrected chi connectivity index (χ2v) is 7.79. The minimum Gasteiger partial charge on any atom is -0.464 e. The monoisotopic (exact) mass is 438 g/mol. The van der Waals surface area contributed by atoms with E-state index in [1.165, 1.54) is 4.90 Å². The average molecular weight is 439 g/mol. The number of carbonyl (C=O) groups excluding carboxylic acids is 3. The van der Waals surface area contributed by atoms with Crippen LogP contribution in [-0.4, -0.2) is 53.1 Å². The number of hydrogen-bond donors (Lipinski definition) is 1. The fraction of sp³-hybridized carbons (Fsp3) is 0.400. The number of aliphatic hydroxyl groups excluding tert-OH is 1. The molecule has 2 amide bonds. The normalized spacial score (nSPS) is 16.4. The van der Waals surface area contributed by atoms with Crippen LogP contribution in [0.3, 0.4) is 0 Å². The lowest BCUT2D eigenvalue weighted by atomic mass is 10.1. The van der Waals surface area contributed by atoms with Crippen LogP contribution in [0.4, 0.5) is 5.69 Å². The van der Waals surface area contributed by atoms with Crippen LogP contribution in [0, 0.1) is 0 Å². The van der Waals surface area contributed by atoms with Crippen molar-refractivity contribution in [2.45, 2.75) is 51.3 Å². The first kappa shape index (κ1) is 23.5. The molecule has 0 radical (unpaired) electrons. The topological polar surface area (TPSA) is 87.1 Å². The number of ether oxygens (including phenoxy) is 1. The summed E-state index contributed by atoms with van der Waals surface area (Å²) < 4.78 is 4.89. The Balaban J connectivity index is 1.65. The molecule has 1 unspecified atom stereocenters. The van der Waals surface area contributed by atoms with E-state index in [2.05, 4.69) is 0 Å². The molecule has 170 valence electrons. The van der Waals surface area contributed by atoms with Gasteiger partial charge in [-0.25, -0.2) is 4.79 Å². The number of benzene rings is 2. The van der Waals surface area contributed by atoms with Crippen molar-refractivity contribution >= 4 is 23.5 Å². The highest BCUT2D eigenvalue weighted by Gasteiger charge is 2.38. The summed E-state index contributed by atoms with van der Waals surface area (Å²) in [5.41, 5.74) is 1.76. The molecule has 1 fully saturated rings. The van der Waals surface area contributed by atoms with Crippen LogP contribution in [-0.2, 0) is 25.7 Å². The summed E-state index contributed by atoms with van der Waals surface area (Å²) in [7, 11) is 0. The Hall–Kier alpha value is -3.19. The molecule has 2 aromatic rings. The minimum atomic E-state index is -1.36. The lowest BCUT2D eigenvalue weighted by molar-refractivity contribution is -0.157. The van der Waals surface area contributed by atoms with Crippen LogP contribution in [0.2, 0.25) is 0 Å². The zero-order chi connectivity index (χ0) is 22.9. The summed E-state index contributed by atoms with van der Waals surface area (Å²) in [4.78, 5) is 41.1. The molecule has 0 spiro atoms. The highest BCUT2D eigenvalue weighted by molar-refractivity contribution is 5.95. The van der Waals surface area contributed by atoms with E-state index in [4.69, 9.17) is 4.74 Å². The van der Waals surface area contributed by atoms with Crippen molar-refractivity contribution in [1.82, 2.24) is 4.90 Å². The third-order valence-corrected chi connectivity index (χ3v) is 5.62. The number of esters is 1. The van der Waals surface area contributed by atoms with Gasteiger partial charge in [0.25, 0.3) is 0 Å². The number of para-hydroxylation sites is 1. The maximum atomic E-state index is 13.1. The number of hydrogen-bond acceptors (Lipinski definition) is 5. The number of anilines is 1. The molecule has 0 aromatic heterocycles. The molecule has 2 aromatic carbocycles. The molecule has 1 aliphatic heterocycles. The predicted octanol–water partition coefficient (Wildman–Crippen LogP) is 2.92. The van der Waals surface area contributed by atoms with Crippen LogP contribution in [0.1, 0.15) is 38.2 Å². The van der Waals surface area contributed by atoms with Crippen molar-refractivity contribution in [3.8, 4) is 0 Å². The third kappa shape index (κ3) is 5.95. The fourth-order valence-electron chi connectivity index (χ4n) is 4.00. The van der Waals surface area contributed by atoms with Gasteiger partial charge < -0.3 is 19.6 Å². The molecule has 1 N–H and O–H groups in total. The van der Waals surface area contributed by atoms with Gasteiger partial charge in [0.1, 0.15) is 0 Å². The van der Waals surface area contributed by atoms with E-state index in [-0.39, 0.29) is 31.3 Å². The first-order valence-corrected chi connectivity index (χ1v) is 11.0. The Morgan fingerprint density at radius 3 is 2.38 bits per heavy atom. The highest BCUT2D eigenvalue weighted by atomic mass is 16.5. The molecule has 1 saturated heterocycles. The lowest BCUT2D eigenvalue weighted by Gasteiger charge is -2.28. The molecular weight excluding hydrogens is 408 g/mol. The van der Waals surface area contributed by atoms with Gasteiger partial charge in [-0.2, -0.15) is 0 Å². The standard InChI is InChI=1S/C25H30N2O5/c1-2-32-25(31)24(30)21-14-9-17-26(21)22(28)15-16-23(29)27(20-12-7-4-8-13-20)18-19-10-5-3-6-11-19/h3-8,10-13,21,24,30H,2,9,14-18H2,1H3/t21-,24?/m0/s1. The lowest BCUT2D eigenvalue weighted by Crippen LogP contribution is -2.47. The van der Waals surface area contributed by atoms with E-state index in [0.29, 0.717) is 25.9 Å². The molecule has 1 aliphatic rings. The Kier molecular flexibility index (Phi) is 8.39. The Morgan fingerprint density at radius 1 is 1.06 bits per heavy atom. The predicted molar refractivity (Wildman–Crippen MR) is 121 cm³/mol. The van der Waals surface area contributed by atoms with Crippen LogP contribution in [0.15, 0.2) is 60.7 Å². The van der Waals surface area contributed by atoms with Crippen molar-refractivity contribution in [2.24, 2.45) is 0 Å². The van der Waals surface area contributed by atoms with Crippen molar-refractivity contribution in [1.29, 1.82) is 0 Å². The van der Waals surface area contributed by atoms with Gasteiger partial charge in [0.2, 0.25) is 11.8 Å². The SMILES string of the molecule is CCOC(=O)C(O)[C@@H]1CCCN1C(=O)CCC(=O)N(Cc1ccccc1)c1ccccc1. The average Bonchev–Trinajstić information content (AvgIpc) is 3.31. The van der Waals surface area contributed by atoms with E-state index in [0.717, 1.165) is 11.3 Å². The van der Waals surface area contributed by atoms with E-state index < -0.39 is 18.1 Å². The Labute approximate surface area is 188 Å². The molecule has 3 rings (SSSR count). The van der Waals surface area contributed by atoms with Crippen LogP contribution in [0.5, 0.6) is 0 Å². The molecule has 0 bridgehead atoms. The van der Waals surface area contributed by atoms with Gasteiger partial charge in [-0.05, 0) is 37.5 Å². The largest absolute Gasteiger partial charge is 0.464 e. The Bertz CT molecular complexity index is 903. The number of aliphatic hydroxyl groups is 1. The van der Waals surface area contributed by atoms with Gasteiger partial charge in [0.05, 0.1) is 19.2 Å². The number of rotatable bonds is 9. The number of carbonyl (C=O) groups is 3. The van der Waals surface area contributed by atoms with Crippen LogP contribution < -0.4 is 4.90 Å². The van der Waals surface area contributed by atoms with Crippen LogP contribution >= 0.6 is 0 Å². The summed E-state index contributed by atoms with van der Waals surface area (Å²) >= 11 is 0. The summed E-state index contributed by atoms with van der Waals surface area (Å²) in [5, 5.41) is 10.3. The zero-order valence-electron chi connectivity index (χ0n) is 18.4. The second-order valence-electron chi connectivity index (χ2n) is 7.79. The summed E-state index contributed by atoms with van der Waals surface area (Å²) in [6, 6.07) is 18.5. The molecule has 7 heteroatoms. The molecule has 1 heterocycles. The van der Waals surface area contributed by atoms with Gasteiger partial charge in [-0.3, -0.25) is 9.59 Å². The van der Waals surface area contributed by atoms with Gasteiger partial charge in [-0.1, -0.05) is 48.5 Å². The van der Waals surface area contributed by atoms with Gasteiger partial charge in [-0.15, -0.1) is 0 Å². The van der Waals surface area contributed by atoms with E-state index >= 15 is 0 Å². The maximum absolute atomic E-state index is 13.1. The quantitative estimate of drug-likeness (QED) is 0.609. The van der Waals surface area contributed by atoms with E-state index in [1.807, 2.05) is 60.7 Å². The zero-order valence-corrected chi connectivity index (χ0v) is 18.4. The minimum absolute atomic E-state index is 0.0169. The van der Waals surface area contributed by atoms with Crippen LogP contribution in [0.25, 0.3) is 0 Å². The van der Waals surface area contributed by atoms with E-state index in [9.17, 15) is 19.5 Å². The van der Waals surface area contributed by atoms with Gasteiger partial charge in [0, 0.05) is 25.1 Å². The number of amides is 2. The molecule has 7 nitrogen and oxygen atoms in total. The molecule has 32 heavy (non-hydrogen) atoms. The third-order valence-electron chi connectivity index (χ3n) is 5.62. The van der Waals surface area contributed by atoms with Crippen molar-refractivity contribution in [2.75, 3.05) is 18.1 Å². The maximum Gasteiger partial charge on any atom is 0.337 e. The first-order valence-electron chi connectivity index (χ1n) is 11.0.